The van der Waals surface area contributed by atoms with Crippen molar-refractivity contribution in [1.82, 2.24) is 10.0 Å². The van der Waals surface area contributed by atoms with Crippen LogP contribution in [0, 0.1) is 5.92 Å². The standard InChI is InChI=1S/C19H22Cl2N2O6S/c1-11(2)12(3)23-18(24)10-29-19(25)14-7-17(16(21)8-15(14)20)30(26,27)22-9-13-5-4-6-28-13/h4-8,11-12,22H,9-10H2,1-3H3,(H,23,24). The highest BCUT2D eigenvalue weighted by atomic mass is 35.5. The van der Waals surface area contributed by atoms with Crippen molar-refractivity contribution < 1.29 is 27.2 Å². The number of amides is 1. The number of esters is 1. The Morgan fingerprint density at radius 1 is 1.17 bits per heavy atom. The molecule has 1 heterocycles. The fourth-order valence-corrected chi connectivity index (χ4v) is 4.06. The van der Waals surface area contributed by atoms with E-state index in [1.54, 1.807) is 12.1 Å². The van der Waals surface area contributed by atoms with Gasteiger partial charge in [0.15, 0.2) is 6.61 Å². The lowest BCUT2D eigenvalue weighted by Gasteiger charge is -2.17. The summed E-state index contributed by atoms with van der Waals surface area (Å²) in [5, 5.41) is 2.41. The first-order valence-electron chi connectivity index (χ1n) is 8.99. The lowest BCUT2D eigenvalue weighted by Crippen LogP contribution is -2.38. The van der Waals surface area contributed by atoms with Gasteiger partial charge in [0, 0.05) is 6.04 Å². The lowest BCUT2D eigenvalue weighted by molar-refractivity contribution is -0.125. The number of furan rings is 1. The first-order valence-corrected chi connectivity index (χ1v) is 11.2. The van der Waals surface area contributed by atoms with Crippen LogP contribution >= 0.6 is 23.2 Å². The molecule has 0 aliphatic heterocycles. The molecule has 2 rings (SSSR count). The smallest absolute Gasteiger partial charge is 0.340 e. The van der Waals surface area contributed by atoms with E-state index in [4.69, 9.17) is 32.4 Å². The number of carbonyl (C=O) groups excluding carboxylic acids is 2. The van der Waals surface area contributed by atoms with Crippen LogP contribution in [0.3, 0.4) is 0 Å². The largest absolute Gasteiger partial charge is 0.468 e. The van der Waals surface area contributed by atoms with Crippen LogP contribution < -0.4 is 10.0 Å². The molecule has 30 heavy (non-hydrogen) atoms. The van der Waals surface area contributed by atoms with Gasteiger partial charge in [-0.3, -0.25) is 4.79 Å². The molecule has 0 aliphatic rings. The van der Waals surface area contributed by atoms with Gasteiger partial charge in [0.2, 0.25) is 10.0 Å². The minimum atomic E-state index is -4.08. The van der Waals surface area contributed by atoms with Crippen LogP contribution in [-0.2, 0) is 26.1 Å². The highest BCUT2D eigenvalue weighted by molar-refractivity contribution is 7.89. The molecule has 0 bridgehead atoms. The van der Waals surface area contributed by atoms with E-state index in [0.717, 1.165) is 12.1 Å². The van der Waals surface area contributed by atoms with Gasteiger partial charge in [0.25, 0.3) is 5.91 Å². The van der Waals surface area contributed by atoms with Crippen molar-refractivity contribution in [2.45, 2.75) is 38.3 Å². The molecular formula is C19H22Cl2N2O6S. The van der Waals surface area contributed by atoms with Gasteiger partial charge < -0.3 is 14.5 Å². The normalized spacial score (nSPS) is 12.6. The second-order valence-electron chi connectivity index (χ2n) is 6.84. The predicted octanol–water partition coefficient (Wildman–Crippen LogP) is 3.38. The van der Waals surface area contributed by atoms with E-state index >= 15 is 0 Å². The third kappa shape index (κ3) is 6.46. The number of carbonyl (C=O) groups is 2. The van der Waals surface area contributed by atoms with Gasteiger partial charge in [-0.15, -0.1) is 0 Å². The molecule has 1 aromatic carbocycles. The van der Waals surface area contributed by atoms with Crippen molar-refractivity contribution in [3.8, 4) is 0 Å². The Morgan fingerprint density at radius 3 is 2.47 bits per heavy atom. The third-order valence-electron chi connectivity index (χ3n) is 4.27. The molecule has 0 saturated heterocycles. The Hall–Kier alpha value is -2.07. The molecule has 1 amide bonds. The predicted molar refractivity (Wildman–Crippen MR) is 112 cm³/mol. The Morgan fingerprint density at radius 2 is 1.87 bits per heavy atom. The first-order chi connectivity index (χ1) is 14.0. The summed E-state index contributed by atoms with van der Waals surface area (Å²) in [5.74, 6) is -0.837. The van der Waals surface area contributed by atoms with Crippen LogP contribution in [0.1, 0.15) is 36.9 Å². The SMILES string of the molecule is CC(C)C(C)NC(=O)COC(=O)c1cc(S(=O)(=O)NCc2ccco2)c(Cl)cc1Cl. The fraction of sp³-hybridized carbons (Fsp3) is 0.368. The van der Waals surface area contributed by atoms with E-state index in [-0.39, 0.29) is 39.0 Å². The Labute approximate surface area is 184 Å². The molecule has 8 nitrogen and oxygen atoms in total. The average Bonchev–Trinajstić information content (AvgIpc) is 3.18. The lowest BCUT2D eigenvalue weighted by atomic mass is 10.1. The number of sulfonamides is 1. The third-order valence-corrected chi connectivity index (χ3v) is 6.45. The van der Waals surface area contributed by atoms with Gasteiger partial charge in [-0.05, 0) is 37.1 Å². The highest BCUT2D eigenvalue weighted by Gasteiger charge is 2.24. The van der Waals surface area contributed by atoms with Crippen molar-refractivity contribution in [3.63, 3.8) is 0 Å². The minimum absolute atomic E-state index is 0.104. The number of halogens is 2. The second-order valence-corrected chi connectivity index (χ2v) is 9.39. The number of hydrogen-bond donors (Lipinski definition) is 2. The van der Waals surface area contributed by atoms with E-state index in [1.165, 1.54) is 6.26 Å². The van der Waals surface area contributed by atoms with Gasteiger partial charge in [-0.2, -0.15) is 0 Å². The van der Waals surface area contributed by atoms with Gasteiger partial charge in [0.1, 0.15) is 10.7 Å². The summed E-state index contributed by atoms with van der Waals surface area (Å²) in [5.41, 5.74) is -0.232. The van der Waals surface area contributed by atoms with E-state index in [9.17, 15) is 18.0 Å². The number of rotatable bonds is 9. The van der Waals surface area contributed by atoms with E-state index in [2.05, 4.69) is 10.0 Å². The molecule has 164 valence electrons. The summed E-state index contributed by atoms with van der Waals surface area (Å²) < 4.78 is 37.5. The van der Waals surface area contributed by atoms with Gasteiger partial charge in [-0.1, -0.05) is 37.0 Å². The number of benzene rings is 1. The summed E-state index contributed by atoms with van der Waals surface area (Å²) in [6.45, 7) is 5.06. The van der Waals surface area contributed by atoms with E-state index < -0.39 is 28.5 Å². The topological polar surface area (TPSA) is 115 Å². The quantitative estimate of drug-likeness (QED) is 0.536. The molecule has 2 N–H and O–H groups in total. The molecule has 0 fully saturated rings. The zero-order valence-electron chi connectivity index (χ0n) is 16.6. The summed E-state index contributed by atoms with van der Waals surface area (Å²) in [6.07, 6.45) is 1.41. The van der Waals surface area contributed by atoms with Crippen molar-refractivity contribution in [3.05, 3.63) is 51.9 Å². The minimum Gasteiger partial charge on any atom is -0.468 e. The molecule has 1 aromatic heterocycles. The van der Waals surface area contributed by atoms with Crippen LogP contribution in [0.2, 0.25) is 10.0 Å². The molecule has 0 aliphatic carbocycles. The Balaban J connectivity index is 2.13. The molecular weight excluding hydrogens is 455 g/mol. The number of nitrogens with one attached hydrogen (secondary N) is 2. The number of ether oxygens (including phenoxy) is 1. The second kappa shape index (κ2) is 10.3. The van der Waals surface area contributed by atoms with Gasteiger partial charge in [0.05, 0.1) is 28.4 Å². The maximum absolute atomic E-state index is 12.6. The van der Waals surface area contributed by atoms with E-state index in [0.29, 0.717) is 5.76 Å². The van der Waals surface area contributed by atoms with Crippen LogP contribution in [0.5, 0.6) is 0 Å². The van der Waals surface area contributed by atoms with Crippen LogP contribution in [0.15, 0.2) is 39.8 Å². The number of hydrogen-bond acceptors (Lipinski definition) is 6. The maximum atomic E-state index is 12.6. The summed E-state index contributed by atoms with van der Waals surface area (Å²) in [4.78, 5) is 23.9. The molecule has 11 heteroatoms. The summed E-state index contributed by atoms with van der Waals surface area (Å²) in [6, 6.07) is 5.24. The zero-order chi connectivity index (χ0) is 22.5. The maximum Gasteiger partial charge on any atom is 0.340 e. The molecule has 0 spiro atoms. The summed E-state index contributed by atoms with van der Waals surface area (Å²) >= 11 is 12.1. The molecule has 0 radical (unpaired) electrons. The first kappa shape index (κ1) is 24.2. The van der Waals surface area contributed by atoms with Gasteiger partial charge >= 0.3 is 5.97 Å². The van der Waals surface area contributed by atoms with Crippen LogP contribution in [0.25, 0.3) is 0 Å². The van der Waals surface area contributed by atoms with Crippen molar-refractivity contribution in [2.24, 2.45) is 5.92 Å². The van der Waals surface area contributed by atoms with Crippen molar-refractivity contribution in [2.75, 3.05) is 6.61 Å². The van der Waals surface area contributed by atoms with Crippen LogP contribution in [-0.4, -0.2) is 32.9 Å². The van der Waals surface area contributed by atoms with Gasteiger partial charge in [-0.25, -0.2) is 17.9 Å². The zero-order valence-corrected chi connectivity index (χ0v) is 18.9. The molecule has 1 atom stereocenters. The Bertz CT molecular complexity index is 1010. The van der Waals surface area contributed by atoms with Crippen molar-refractivity contribution in [1.29, 1.82) is 0 Å². The fourth-order valence-electron chi connectivity index (χ4n) is 2.22. The average molecular weight is 477 g/mol. The molecule has 2 aromatic rings. The van der Waals surface area contributed by atoms with Crippen LogP contribution in [0.4, 0.5) is 0 Å². The van der Waals surface area contributed by atoms with E-state index in [1.807, 2.05) is 20.8 Å². The van der Waals surface area contributed by atoms with Crippen molar-refractivity contribution >= 4 is 45.1 Å². The molecule has 1 unspecified atom stereocenters. The highest BCUT2D eigenvalue weighted by Crippen LogP contribution is 2.29. The molecule has 0 saturated carbocycles. The Kier molecular flexibility index (Phi) is 8.31. The summed E-state index contributed by atoms with van der Waals surface area (Å²) in [7, 11) is -4.08. The monoisotopic (exact) mass is 476 g/mol.